The average molecular weight is 235 g/mol. The molecule has 1 nitrogen and oxygen atoms in total. The van der Waals surface area contributed by atoms with Gasteiger partial charge in [0.1, 0.15) is 0 Å². The van der Waals surface area contributed by atoms with Gasteiger partial charge in [0.15, 0.2) is 0 Å². The molecule has 0 amide bonds. The first-order valence-electron chi connectivity index (χ1n) is 6.04. The normalized spacial score (nSPS) is 10.5. The summed E-state index contributed by atoms with van der Waals surface area (Å²) in [5.41, 5.74) is 3.21. The van der Waals surface area contributed by atoms with Crippen LogP contribution in [0.5, 0.6) is 0 Å². The molecule has 0 fully saturated rings. The van der Waals surface area contributed by atoms with Crippen molar-refractivity contribution in [3.8, 4) is 0 Å². The van der Waals surface area contributed by atoms with E-state index in [9.17, 15) is 0 Å². The van der Waals surface area contributed by atoms with E-state index < -0.39 is 0 Å². The van der Waals surface area contributed by atoms with Crippen LogP contribution in [0, 0.1) is 0 Å². The van der Waals surface area contributed by atoms with E-state index in [-0.39, 0.29) is 0 Å². The Kier molecular flexibility index (Phi) is 3.98. The maximum Gasteiger partial charge on any atom is 0.0455 e. The van der Waals surface area contributed by atoms with Gasteiger partial charge in [-0.3, -0.25) is 0 Å². The van der Waals surface area contributed by atoms with Crippen LogP contribution in [0.15, 0.2) is 79.5 Å². The highest BCUT2D eigenvalue weighted by Gasteiger charge is 2.08. The Balaban J connectivity index is 2.35. The minimum Gasteiger partial charge on any atom is -0.318 e. The molecule has 0 unspecified atom stereocenters. The van der Waals surface area contributed by atoms with E-state index in [1.165, 1.54) is 0 Å². The lowest BCUT2D eigenvalue weighted by Gasteiger charge is -2.23. The summed E-state index contributed by atoms with van der Waals surface area (Å²) in [5, 5.41) is 0. The third-order valence-corrected chi connectivity index (χ3v) is 2.73. The number of allylic oxidation sites excluding steroid dienone is 1. The average Bonchev–Trinajstić information content (AvgIpc) is 2.46. The van der Waals surface area contributed by atoms with Crippen molar-refractivity contribution in [1.29, 1.82) is 0 Å². The molecule has 0 aliphatic heterocycles. The summed E-state index contributed by atoms with van der Waals surface area (Å²) < 4.78 is 0. The van der Waals surface area contributed by atoms with Crippen molar-refractivity contribution in [2.75, 3.05) is 4.90 Å². The highest BCUT2D eigenvalue weighted by molar-refractivity contribution is 5.79. The van der Waals surface area contributed by atoms with Crippen molar-refractivity contribution in [2.45, 2.75) is 6.92 Å². The zero-order chi connectivity index (χ0) is 12.8. The van der Waals surface area contributed by atoms with Gasteiger partial charge < -0.3 is 4.90 Å². The molecule has 0 saturated heterocycles. The van der Waals surface area contributed by atoms with Crippen LogP contribution in [0.25, 0.3) is 5.70 Å². The van der Waals surface area contributed by atoms with Gasteiger partial charge in [-0.25, -0.2) is 0 Å². The highest BCUT2D eigenvalue weighted by Crippen LogP contribution is 2.24. The monoisotopic (exact) mass is 235 g/mol. The van der Waals surface area contributed by atoms with Crippen LogP contribution in [-0.4, -0.2) is 0 Å². The molecule has 0 spiro atoms. The van der Waals surface area contributed by atoms with Crippen LogP contribution in [0.1, 0.15) is 12.5 Å². The number of nitrogens with zero attached hydrogens (tertiary/aromatic N) is 1. The van der Waals surface area contributed by atoms with Crippen molar-refractivity contribution in [1.82, 2.24) is 0 Å². The van der Waals surface area contributed by atoms with Crippen LogP contribution >= 0.6 is 0 Å². The Morgan fingerprint density at radius 1 is 0.944 bits per heavy atom. The molecule has 2 aromatic rings. The van der Waals surface area contributed by atoms with Crippen LogP contribution in [-0.2, 0) is 0 Å². The van der Waals surface area contributed by atoms with Crippen molar-refractivity contribution in [3.05, 3.63) is 85.1 Å². The molecule has 0 bridgehead atoms. The van der Waals surface area contributed by atoms with Gasteiger partial charge in [-0.2, -0.15) is 0 Å². The molecule has 0 aromatic heterocycles. The Hall–Kier alpha value is -2.28. The molecule has 90 valence electrons. The van der Waals surface area contributed by atoms with Gasteiger partial charge in [-0.1, -0.05) is 61.2 Å². The molecule has 2 aromatic carbocycles. The largest absolute Gasteiger partial charge is 0.318 e. The van der Waals surface area contributed by atoms with Crippen molar-refractivity contribution in [3.63, 3.8) is 0 Å². The molecular formula is C17H17N. The van der Waals surface area contributed by atoms with E-state index in [4.69, 9.17) is 0 Å². The fraction of sp³-hybridized carbons (Fsp3) is 0.0588. The van der Waals surface area contributed by atoms with Gasteiger partial charge in [-0.05, 0) is 24.6 Å². The summed E-state index contributed by atoms with van der Waals surface area (Å²) in [6.45, 7) is 6.20. The maximum absolute atomic E-state index is 4.19. The third kappa shape index (κ3) is 2.69. The molecule has 1 heteroatoms. The van der Waals surface area contributed by atoms with Crippen LogP contribution in [0.2, 0.25) is 0 Å². The van der Waals surface area contributed by atoms with Crippen LogP contribution in [0.3, 0.4) is 0 Å². The standard InChI is InChI=1S/C17H17N/c1-3-14-18(17-12-8-5-9-13-17)15(2)16-10-6-4-7-11-16/h3-14H,2H2,1H3/b14-3-. The lowest BCUT2D eigenvalue weighted by atomic mass is 10.1. The molecule has 0 heterocycles. The minimum atomic E-state index is 0.972. The van der Waals surface area contributed by atoms with E-state index >= 15 is 0 Å². The summed E-state index contributed by atoms with van der Waals surface area (Å²) in [5.74, 6) is 0. The van der Waals surface area contributed by atoms with E-state index in [0.29, 0.717) is 0 Å². The van der Waals surface area contributed by atoms with Crippen molar-refractivity contribution < 1.29 is 0 Å². The number of rotatable bonds is 4. The van der Waals surface area contributed by atoms with E-state index in [2.05, 4.69) is 35.7 Å². The van der Waals surface area contributed by atoms with E-state index in [0.717, 1.165) is 16.9 Å². The van der Waals surface area contributed by atoms with Gasteiger partial charge in [0.2, 0.25) is 0 Å². The summed E-state index contributed by atoms with van der Waals surface area (Å²) in [4.78, 5) is 2.09. The summed E-state index contributed by atoms with van der Waals surface area (Å²) in [6, 6.07) is 20.4. The van der Waals surface area contributed by atoms with Gasteiger partial charge in [-0.15, -0.1) is 0 Å². The topological polar surface area (TPSA) is 3.24 Å². The smallest absolute Gasteiger partial charge is 0.0455 e. The summed E-state index contributed by atoms with van der Waals surface area (Å²) in [6.07, 6.45) is 4.05. The van der Waals surface area contributed by atoms with Gasteiger partial charge in [0, 0.05) is 17.6 Å². The molecular weight excluding hydrogens is 218 g/mol. The first-order valence-corrected chi connectivity index (χ1v) is 6.04. The number of para-hydroxylation sites is 1. The molecule has 0 aliphatic rings. The molecule has 0 saturated carbocycles. The van der Waals surface area contributed by atoms with E-state index in [1.54, 1.807) is 0 Å². The minimum absolute atomic E-state index is 0.972. The predicted molar refractivity (Wildman–Crippen MR) is 79.2 cm³/mol. The lowest BCUT2D eigenvalue weighted by Crippen LogP contribution is -2.13. The second kappa shape index (κ2) is 5.87. The first-order chi connectivity index (χ1) is 8.83. The Labute approximate surface area is 109 Å². The fourth-order valence-electron chi connectivity index (χ4n) is 1.84. The number of benzene rings is 2. The zero-order valence-electron chi connectivity index (χ0n) is 10.6. The van der Waals surface area contributed by atoms with Crippen molar-refractivity contribution >= 4 is 11.4 Å². The Morgan fingerprint density at radius 3 is 2.06 bits per heavy atom. The van der Waals surface area contributed by atoms with E-state index in [1.807, 2.05) is 55.6 Å². The number of hydrogen-bond acceptors (Lipinski definition) is 1. The summed E-state index contributed by atoms with van der Waals surface area (Å²) in [7, 11) is 0. The third-order valence-electron chi connectivity index (χ3n) is 2.73. The quantitative estimate of drug-likeness (QED) is 0.742. The predicted octanol–water partition coefficient (Wildman–Crippen LogP) is 4.70. The van der Waals surface area contributed by atoms with Crippen LogP contribution in [0.4, 0.5) is 5.69 Å². The number of anilines is 1. The maximum atomic E-state index is 4.19. The zero-order valence-corrected chi connectivity index (χ0v) is 10.6. The van der Waals surface area contributed by atoms with Crippen molar-refractivity contribution in [2.24, 2.45) is 0 Å². The Bertz CT molecular complexity index is 526. The SMILES string of the molecule is C=C(c1ccccc1)N(/C=C\C)c1ccccc1. The summed E-state index contributed by atoms with van der Waals surface area (Å²) >= 11 is 0. The molecule has 0 N–H and O–H groups in total. The second-order valence-electron chi connectivity index (χ2n) is 4.00. The lowest BCUT2D eigenvalue weighted by molar-refractivity contribution is 1.29. The molecule has 2 rings (SSSR count). The first kappa shape index (κ1) is 12.2. The molecule has 0 radical (unpaired) electrons. The number of hydrogen-bond donors (Lipinski definition) is 0. The van der Waals surface area contributed by atoms with Crippen LogP contribution < -0.4 is 4.90 Å². The molecule has 18 heavy (non-hydrogen) atoms. The molecule has 0 atom stereocenters. The van der Waals surface area contributed by atoms with Gasteiger partial charge in [0.05, 0.1) is 0 Å². The van der Waals surface area contributed by atoms with Gasteiger partial charge in [0.25, 0.3) is 0 Å². The second-order valence-corrected chi connectivity index (χ2v) is 4.00. The van der Waals surface area contributed by atoms with Gasteiger partial charge >= 0.3 is 0 Å². The fourth-order valence-corrected chi connectivity index (χ4v) is 1.84. The Morgan fingerprint density at radius 2 is 1.50 bits per heavy atom. The molecule has 0 aliphatic carbocycles. The highest BCUT2D eigenvalue weighted by atomic mass is 15.1.